The molecule has 0 aliphatic heterocycles. The van der Waals surface area contributed by atoms with E-state index in [1.807, 2.05) is 0 Å². The summed E-state index contributed by atoms with van der Waals surface area (Å²) in [6.45, 7) is 8.82. The molecule has 0 heteroatoms. The standard InChI is InChI=1S/C17H22/c1-14-11-16(13-17(2,3)12-14)10-9-15-7-5-4-6-8-15/h4-8,11H,1,9-10,12-13H2,2-3H3. The first-order chi connectivity index (χ1) is 8.05. The van der Waals surface area contributed by atoms with Crippen molar-refractivity contribution in [3.8, 4) is 0 Å². The van der Waals surface area contributed by atoms with E-state index >= 15 is 0 Å². The van der Waals surface area contributed by atoms with Gasteiger partial charge in [0.1, 0.15) is 0 Å². The van der Waals surface area contributed by atoms with Crippen molar-refractivity contribution in [1.29, 1.82) is 0 Å². The zero-order chi connectivity index (χ0) is 12.3. The minimum atomic E-state index is 0.401. The van der Waals surface area contributed by atoms with Gasteiger partial charge in [0.05, 0.1) is 0 Å². The summed E-state index contributed by atoms with van der Waals surface area (Å²) in [6, 6.07) is 10.7. The van der Waals surface area contributed by atoms with Crippen LogP contribution in [0.15, 0.2) is 54.1 Å². The summed E-state index contributed by atoms with van der Waals surface area (Å²) in [7, 11) is 0. The second-order valence-electron chi connectivity index (χ2n) is 5.96. The molecule has 1 aromatic carbocycles. The molecule has 90 valence electrons. The Labute approximate surface area is 105 Å². The lowest BCUT2D eigenvalue weighted by Gasteiger charge is -2.31. The lowest BCUT2D eigenvalue weighted by atomic mass is 9.74. The molecule has 0 saturated heterocycles. The van der Waals surface area contributed by atoms with Crippen LogP contribution in [0.5, 0.6) is 0 Å². The van der Waals surface area contributed by atoms with Crippen molar-refractivity contribution in [3.05, 3.63) is 59.7 Å². The molecule has 0 atom stereocenters. The highest BCUT2D eigenvalue weighted by atomic mass is 14.3. The average Bonchev–Trinajstić information content (AvgIpc) is 2.25. The highest BCUT2D eigenvalue weighted by Gasteiger charge is 2.24. The summed E-state index contributed by atoms with van der Waals surface area (Å²) in [4.78, 5) is 0. The third kappa shape index (κ3) is 3.59. The molecular formula is C17H22. The predicted octanol–water partition coefficient (Wildman–Crippen LogP) is 4.92. The SMILES string of the molecule is C=C1C=C(CCc2ccccc2)CC(C)(C)C1. The van der Waals surface area contributed by atoms with Gasteiger partial charge in [0.25, 0.3) is 0 Å². The second kappa shape index (κ2) is 4.91. The fourth-order valence-corrected chi connectivity index (χ4v) is 2.79. The van der Waals surface area contributed by atoms with Crippen molar-refractivity contribution in [1.82, 2.24) is 0 Å². The highest BCUT2D eigenvalue weighted by molar-refractivity contribution is 5.28. The van der Waals surface area contributed by atoms with Gasteiger partial charge in [-0.2, -0.15) is 0 Å². The number of allylic oxidation sites excluding steroid dienone is 3. The molecule has 0 aromatic heterocycles. The van der Waals surface area contributed by atoms with Crippen molar-refractivity contribution in [2.75, 3.05) is 0 Å². The molecule has 1 aromatic rings. The average molecular weight is 226 g/mol. The Kier molecular flexibility index (Phi) is 3.51. The molecule has 0 unspecified atom stereocenters. The van der Waals surface area contributed by atoms with Crippen molar-refractivity contribution in [3.63, 3.8) is 0 Å². The summed E-state index contributed by atoms with van der Waals surface area (Å²) in [5.41, 5.74) is 4.69. The van der Waals surface area contributed by atoms with E-state index in [4.69, 9.17) is 0 Å². The van der Waals surface area contributed by atoms with Gasteiger partial charge < -0.3 is 0 Å². The molecule has 1 aliphatic rings. The summed E-state index contributed by atoms with van der Waals surface area (Å²) < 4.78 is 0. The zero-order valence-corrected chi connectivity index (χ0v) is 11.0. The van der Waals surface area contributed by atoms with Gasteiger partial charge in [-0.05, 0) is 36.7 Å². The first kappa shape index (κ1) is 12.2. The van der Waals surface area contributed by atoms with Gasteiger partial charge in [-0.15, -0.1) is 0 Å². The van der Waals surface area contributed by atoms with Gasteiger partial charge in [-0.25, -0.2) is 0 Å². The second-order valence-corrected chi connectivity index (χ2v) is 5.96. The van der Waals surface area contributed by atoms with Crippen LogP contribution >= 0.6 is 0 Å². The molecule has 17 heavy (non-hydrogen) atoms. The van der Waals surface area contributed by atoms with Crippen LogP contribution < -0.4 is 0 Å². The number of hydrogen-bond donors (Lipinski definition) is 0. The molecule has 0 saturated carbocycles. The van der Waals surface area contributed by atoms with Crippen LogP contribution in [0.1, 0.15) is 38.7 Å². The van der Waals surface area contributed by atoms with Gasteiger partial charge in [-0.3, -0.25) is 0 Å². The Hall–Kier alpha value is -1.30. The van der Waals surface area contributed by atoms with Crippen LogP contribution in [-0.2, 0) is 6.42 Å². The monoisotopic (exact) mass is 226 g/mol. The quantitative estimate of drug-likeness (QED) is 0.686. The highest BCUT2D eigenvalue weighted by Crippen LogP contribution is 2.38. The molecule has 0 heterocycles. The molecule has 0 radical (unpaired) electrons. The molecule has 0 nitrogen and oxygen atoms in total. The zero-order valence-electron chi connectivity index (χ0n) is 11.0. The first-order valence-corrected chi connectivity index (χ1v) is 6.46. The number of benzene rings is 1. The largest absolute Gasteiger partial charge is 0.0958 e. The third-order valence-electron chi connectivity index (χ3n) is 3.40. The molecule has 0 amide bonds. The summed E-state index contributed by atoms with van der Waals surface area (Å²) in [6.07, 6.45) is 7.00. The maximum atomic E-state index is 4.14. The Morgan fingerprint density at radius 1 is 1.06 bits per heavy atom. The minimum Gasteiger partial charge on any atom is -0.0958 e. The summed E-state index contributed by atoms with van der Waals surface area (Å²) in [5.74, 6) is 0. The van der Waals surface area contributed by atoms with E-state index in [-0.39, 0.29) is 0 Å². The number of hydrogen-bond acceptors (Lipinski definition) is 0. The minimum absolute atomic E-state index is 0.401. The first-order valence-electron chi connectivity index (χ1n) is 6.46. The van der Waals surface area contributed by atoms with Crippen molar-refractivity contribution < 1.29 is 0 Å². The Balaban J connectivity index is 1.98. The van der Waals surface area contributed by atoms with E-state index in [2.05, 4.69) is 56.8 Å². The fraction of sp³-hybridized carbons (Fsp3) is 0.412. The van der Waals surface area contributed by atoms with E-state index in [1.54, 1.807) is 5.57 Å². The third-order valence-corrected chi connectivity index (χ3v) is 3.40. The van der Waals surface area contributed by atoms with E-state index < -0.39 is 0 Å². The van der Waals surface area contributed by atoms with E-state index in [0.717, 1.165) is 12.8 Å². The van der Waals surface area contributed by atoms with E-state index in [0.29, 0.717) is 5.41 Å². The molecule has 1 aliphatic carbocycles. The molecular weight excluding hydrogens is 204 g/mol. The van der Waals surface area contributed by atoms with Crippen LogP contribution in [0.3, 0.4) is 0 Å². The van der Waals surface area contributed by atoms with E-state index in [9.17, 15) is 0 Å². The maximum absolute atomic E-state index is 4.14. The van der Waals surface area contributed by atoms with Gasteiger partial charge in [0.2, 0.25) is 0 Å². The normalized spacial score (nSPS) is 18.9. The van der Waals surface area contributed by atoms with Crippen molar-refractivity contribution in [2.24, 2.45) is 5.41 Å². The smallest absolute Gasteiger partial charge is 0.0230 e. The maximum Gasteiger partial charge on any atom is -0.0230 e. The Morgan fingerprint density at radius 3 is 2.41 bits per heavy atom. The van der Waals surface area contributed by atoms with Crippen molar-refractivity contribution in [2.45, 2.75) is 39.5 Å². The summed E-state index contributed by atoms with van der Waals surface area (Å²) >= 11 is 0. The Morgan fingerprint density at radius 2 is 1.76 bits per heavy atom. The van der Waals surface area contributed by atoms with Crippen LogP contribution in [0, 0.1) is 5.41 Å². The van der Waals surface area contributed by atoms with Crippen LogP contribution in [0.4, 0.5) is 0 Å². The molecule has 0 N–H and O–H groups in total. The lowest BCUT2D eigenvalue weighted by Crippen LogP contribution is -2.17. The van der Waals surface area contributed by atoms with Gasteiger partial charge >= 0.3 is 0 Å². The van der Waals surface area contributed by atoms with Gasteiger partial charge in [-0.1, -0.05) is 68.0 Å². The predicted molar refractivity (Wildman–Crippen MR) is 75.0 cm³/mol. The summed E-state index contributed by atoms with van der Waals surface area (Å²) in [5, 5.41) is 0. The molecule has 2 rings (SSSR count). The van der Waals surface area contributed by atoms with Crippen LogP contribution in [0.2, 0.25) is 0 Å². The Bertz CT molecular complexity index is 421. The topological polar surface area (TPSA) is 0 Å². The van der Waals surface area contributed by atoms with Gasteiger partial charge in [0.15, 0.2) is 0 Å². The van der Waals surface area contributed by atoms with Gasteiger partial charge in [0, 0.05) is 0 Å². The number of rotatable bonds is 3. The lowest BCUT2D eigenvalue weighted by molar-refractivity contribution is 0.347. The van der Waals surface area contributed by atoms with Crippen LogP contribution in [-0.4, -0.2) is 0 Å². The molecule has 0 bridgehead atoms. The van der Waals surface area contributed by atoms with E-state index in [1.165, 1.54) is 24.0 Å². The van der Waals surface area contributed by atoms with Crippen LogP contribution in [0.25, 0.3) is 0 Å². The molecule has 0 fully saturated rings. The molecule has 0 spiro atoms. The van der Waals surface area contributed by atoms with Crippen molar-refractivity contribution >= 4 is 0 Å². The number of aryl methyl sites for hydroxylation is 1. The fourth-order valence-electron chi connectivity index (χ4n) is 2.79.